The van der Waals surface area contributed by atoms with Gasteiger partial charge in [-0.05, 0) is 130 Å². The Balaban J connectivity index is 0.881. The highest BCUT2D eigenvalue weighted by molar-refractivity contribution is 7.81. The van der Waals surface area contributed by atoms with Gasteiger partial charge in [-0.2, -0.15) is 18.4 Å². The molecule has 8 rings (SSSR count). The van der Waals surface area contributed by atoms with Crippen LogP contribution in [0.3, 0.4) is 0 Å². The molecule has 3 aromatic rings. The summed E-state index contributed by atoms with van der Waals surface area (Å²) >= 11 is 12.3. The number of aromatic nitrogens is 1. The Morgan fingerprint density at radius 2 is 1.76 bits per heavy atom. The summed E-state index contributed by atoms with van der Waals surface area (Å²) in [6, 6.07) is 13.7. The summed E-state index contributed by atoms with van der Waals surface area (Å²) in [7, 11) is 0. The van der Waals surface area contributed by atoms with Gasteiger partial charge in [-0.3, -0.25) is 39.2 Å². The number of carbonyl (C=O) groups excluding carboxylic acids is 4. The normalized spacial score (nSPS) is 23.1. The molecule has 2 saturated carbocycles. The molecule has 3 amide bonds. The number of nitrogens with zero attached hydrogens (tertiary/aromatic N) is 6. The lowest BCUT2D eigenvalue weighted by Gasteiger charge is -2.44. The number of hydrogen-bond acceptors (Lipinski definition) is 10. The Hall–Kier alpha value is -4.95. The molecule has 5 fully saturated rings. The van der Waals surface area contributed by atoms with Crippen molar-refractivity contribution in [2.24, 2.45) is 5.92 Å². The second-order valence-electron chi connectivity index (χ2n) is 17.4. The predicted molar refractivity (Wildman–Crippen MR) is 229 cm³/mol. The molecular formula is C45H47ClF3N7O5S. The number of benzene rings is 2. The van der Waals surface area contributed by atoms with E-state index in [4.69, 9.17) is 28.6 Å². The van der Waals surface area contributed by atoms with E-state index in [2.05, 4.69) is 33.9 Å². The summed E-state index contributed by atoms with van der Waals surface area (Å²) in [4.78, 5) is 62.6. The number of carbonyl (C=O) groups is 4. The number of halogens is 4. The standard InChI is InChI=1S/C45H47ClF3N7O5S/c1-26-23-53(24-27(2)54(26)25-35(57)18-29-14-28(16-32(46)17-29)15-31-6-9-40(58)52-41(31)59)12-13-61-39-8-7-33(19-36(39)30-4-5-30)56-43(62)55(42(60)44(56)10-3-11-44)34-20-37(45(47,48)49)38(21-50)51-22-34/h7-8,14,16-17,19-20,22,26-27,30-31H,3-6,9-13,15,18,23-25H2,1-2H3,(H,52,58,59)/t26-,27+,31?. The zero-order valence-corrected chi connectivity index (χ0v) is 36.0. The van der Waals surface area contributed by atoms with E-state index >= 15 is 0 Å². The van der Waals surface area contributed by atoms with Crippen LogP contribution in [0.25, 0.3) is 0 Å². The van der Waals surface area contributed by atoms with Crippen LogP contribution in [0.1, 0.15) is 92.7 Å². The van der Waals surface area contributed by atoms with Crippen molar-refractivity contribution in [2.75, 3.05) is 42.6 Å². The van der Waals surface area contributed by atoms with Crippen molar-refractivity contribution in [1.29, 1.82) is 5.26 Å². The highest BCUT2D eigenvalue weighted by Crippen LogP contribution is 2.51. The van der Waals surface area contributed by atoms with E-state index in [1.54, 1.807) is 17.0 Å². The van der Waals surface area contributed by atoms with Crippen LogP contribution in [0.4, 0.5) is 24.5 Å². The zero-order valence-electron chi connectivity index (χ0n) is 34.5. The van der Waals surface area contributed by atoms with Gasteiger partial charge in [0.1, 0.15) is 24.0 Å². The van der Waals surface area contributed by atoms with Gasteiger partial charge in [0.05, 0.1) is 24.0 Å². The lowest BCUT2D eigenvalue weighted by atomic mass is 9.75. The number of thiocarbonyl (C=S) groups is 1. The fourth-order valence-electron chi connectivity index (χ4n) is 9.50. The van der Waals surface area contributed by atoms with E-state index in [0.29, 0.717) is 62.5 Å². The summed E-state index contributed by atoms with van der Waals surface area (Å²) in [5, 5.41) is 12.2. The van der Waals surface area contributed by atoms with Gasteiger partial charge in [-0.1, -0.05) is 17.7 Å². The number of nitriles is 1. The average Bonchev–Trinajstić information content (AvgIpc) is 4.01. The van der Waals surface area contributed by atoms with Crippen molar-refractivity contribution >= 4 is 63.8 Å². The molecular weight excluding hydrogens is 843 g/mol. The number of amides is 3. The van der Waals surface area contributed by atoms with E-state index in [0.717, 1.165) is 72.0 Å². The molecule has 0 bridgehead atoms. The third kappa shape index (κ3) is 8.82. The van der Waals surface area contributed by atoms with Gasteiger partial charge in [0.25, 0.3) is 5.91 Å². The third-order valence-electron chi connectivity index (χ3n) is 12.9. The van der Waals surface area contributed by atoms with E-state index in [1.807, 2.05) is 24.3 Å². The number of hydrogen-bond donors (Lipinski definition) is 1. The predicted octanol–water partition coefficient (Wildman–Crippen LogP) is 6.74. The smallest absolute Gasteiger partial charge is 0.419 e. The number of anilines is 2. The summed E-state index contributed by atoms with van der Waals surface area (Å²) in [6.45, 7) is 7.13. The Morgan fingerprint density at radius 3 is 2.40 bits per heavy atom. The summed E-state index contributed by atoms with van der Waals surface area (Å²) < 4.78 is 48.1. The molecule has 2 aromatic carbocycles. The first-order valence-corrected chi connectivity index (χ1v) is 21.9. The number of alkyl halides is 3. The molecule has 1 N–H and O–H groups in total. The van der Waals surface area contributed by atoms with Crippen molar-refractivity contribution in [3.63, 3.8) is 0 Å². The number of rotatable bonds is 13. The molecule has 3 saturated heterocycles. The van der Waals surface area contributed by atoms with Gasteiger partial charge in [0.2, 0.25) is 11.8 Å². The molecule has 4 heterocycles. The molecule has 12 nitrogen and oxygen atoms in total. The first kappa shape index (κ1) is 43.7. The minimum Gasteiger partial charge on any atom is -0.492 e. The second kappa shape index (κ2) is 17.3. The minimum atomic E-state index is -4.85. The maximum Gasteiger partial charge on any atom is 0.419 e. The van der Waals surface area contributed by atoms with Crippen LogP contribution >= 0.6 is 23.8 Å². The summed E-state index contributed by atoms with van der Waals surface area (Å²) in [6.07, 6.45) is 1.40. The molecule has 1 aromatic heterocycles. The quantitative estimate of drug-likeness (QED) is 0.144. The van der Waals surface area contributed by atoms with Crippen LogP contribution in [0.15, 0.2) is 48.7 Å². The SMILES string of the molecule is C[C@@H]1CN(CCOc2ccc(N3C(=S)N(c4cnc(C#N)c(C(F)(F)F)c4)C(=O)C34CCC4)cc2C2CC2)C[C@H](C)N1CC(=O)Cc1cc(Cl)cc(CC2CCC(=O)NC2=O)c1. The number of nitrogens with one attached hydrogen (secondary N) is 1. The molecule has 326 valence electrons. The van der Waals surface area contributed by atoms with Crippen LogP contribution in [-0.4, -0.2) is 93.8 Å². The fraction of sp³-hybridized carbons (Fsp3) is 0.489. The summed E-state index contributed by atoms with van der Waals surface area (Å²) in [5.74, 6) is -0.172. The number of pyridine rings is 1. The average molecular weight is 890 g/mol. The van der Waals surface area contributed by atoms with Crippen molar-refractivity contribution in [3.05, 3.63) is 81.6 Å². The van der Waals surface area contributed by atoms with Gasteiger partial charge in [0.15, 0.2) is 16.6 Å². The molecule has 5 aliphatic rings. The van der Waals surface area contributed by atoms with E-state index in [-0.39, 0.29) is 58.7 Å². The molecule has 3 aliphatic heterocycles. The number of ether oxygens (including phenoxy) is 1. The van der Waals surface area contributed by atoms with Gasteiger partial charge < -0.3 is 9.64 Å². The van der Waals surface area contributed by atoms with Crippen LogP contribution in [-0.2, 0) is 38.2 Å². The molecule has 1 spiro atoms. The largest absolute Gasteiger partial charge is 0.492 e. The first-order valence-electron chi connectivity index (χ1n) is 21.1. The Morgan fingerprint density at radius 1 is 1.03 bits per heavy atom. The highest BCUT2D eigenvalue weighted by Gasteiger charge is 2.60. The number of piperazine rings is 1. The highest BCUT2D eigenvalue weighted by atomic mass is 35.5. The Labute approximate surface area is 368 Å². The van der Waals surface area contributed by atoms with Gasteiger partial charge in [-0.15, -0.1) is 0 Å². The molecule has 17 heteroatoms. The minimum absolute atomic E-state index is 0.0643. The third-order valence-corrected chi connectivity index (χ3v) is 13.4. The number of ketones is 1. The van der Waals surface area contributed by atoms with E-state index < -0.39 is 28.9 Å². The van der Waals surface area contributed by atoms with Crippen LogP contribution in [0.2, 0.25) is 5.02 Å². The zero-order chi connectivity index (χ0) is 44.1. The van der Waals surface area contributed by atoms with Crippen molar-refractivity contribution in [3.8, 4) is 11.8 Å². The monoisotopic (exact) mass is 889 g/mol. The number of Topliss-reactive ketones (excluding diaryl/α,β-unsaturated/α-hetero) is 1. The van der Waals surface area contributed by atoms with Crippen LogP contribution < -0.4 is 19.9 Å². The van der Waals surface area contributed by atoms with E-state index in [1.165, 1.54) is 6.07 Å². The molecule has 2 aliphatic carbocycles. The second-order valence-corrected chi connectivity index (χ2v) is 18.2. The molecule has 3 atom stereocenters. The maximum absolute atomic E-state index is 14.0. The number of piperidine rings is 1. The Bertz CT molecular complexity index is 2350. The van der Waals surface area contributed by atoms with Crippen molar-refractivity contribution in [2.45, 2.75) is 101 Å². The maximum atomic E-state index is 14.0. The van der Waals surface area contributed by atoms with E-state index in [9.17, 15) is 37.6 Å². The van der Waals surface area contributed by atoms with Gasteiger partial charge >= 0.3 is 6.18 Å². The Kier molecular flexibility index (Phi) is 12.2. The molecule has 1 unspecified atom stereocenters. The van der Waals surface area contributed by atoms with Crippen molar-refractivity contribution < 1.29 is 37.1 Å². The topological polar surface area (TPSA) is 139 Å². The van der Waals surface area contributed by atoms with Crippen LogP contribution in [0.5, 0.6) is 5.75 Å². The fourth-order valence-corrected chi connectivity index (χ4v) is 10.2. The molecule has 0 radical (unpaired) electrons. The van der Waals surface area contributed by atoms with Gasteiger partial charge in [0, 0.05) is 61.2 Å². The lowest BCUT2D eigenvalue weighted by Crippen LogP contribution is -2.58. The molecule has 62 heavy (non-hydrogen) atoms. The lowest BCUT2D eigenvalue weighted by molar-refractivity contribution is -0.138. The van der Waals surface area contributed by atoms with Crippen molar-refractivity contribution in [1.82, 2.24) is 20.1 Å². The van der Waals surface area contributed by atoms with Crippen LogP contribution in [0, 0.1) is 17.2 Å². The summed E-state index contributed by atoms with van der Waals surface area (Å²) in [5.41, 5.74) is 0.181. The first-order chi connectivity index (χ1) is 29.5. The van der Waals surface area contributed by atoms with Gasteiger partial charge in [-0.25, -0.2) is 4.98 Å². The number of imide groups is 1.